The Hall–Kier alpha value is -1.77. The van der Waals surface area contributed by atoms with E-state index in [1.165, 1.54) is 5.56 Å². The zero-order valence-electron chi connectivity index (χ0n) is 10.1. The monoisotopic (exact) mass is 217 g/mol. The molecular weight excluding hydrogens is 198 g/mol. The minimum atomic E-state index is 0.180. The van der Waals surface area contributed by atoms with Gasteiger partial charge in [-0.05, 0) is 16.5 Å². The highest BCUT2D eigenvalue weighted by atomic mass is 15.3. The third-order valence-corrected chi connectivity index (χ3v) is 2.20. The van der Waals surface area contributed by atoms with Gasteiger partial charge in [-0.2, -0.15) is 5.10 Å². The molecule has 0 amide bonds. The summed E-state index contributed by atoms with van der Waals surface area (Å²) in [5.74, 6) is 0.336. The molecule has 0 aromatic heterocycles. The first-order valence-corrected chi connectivity index (χ1v) is 5.23. The Morgan fingerprint density at radius 3 is 2.31 bits per heavy atom. The maximum Gasteiger partial charge on any atom is 0.109 e. The summed E-state index contributed by atoms with van der Waals surface area (Å²) in [6.45, 7) is 10.1. The Morgan fingerprint density at radius 1 is 1.31 bits per heavy atom. The van der Waals surface area contributed by atoms with E-state index in [2.05, 4.69) is 50.0 Å². The van der Waals surface area contributed by atoms with Crippen molar-refractivity contribution in [2.75, 3.05) is 0 Å². The predicted molar refractivity (Wildman–Crippen MR) is 69.2 cm³/mol. The van der Waals surface area contributed by atoms with E-state index in [0.717, 1.165) is 5.56 Å². The van der Waals surface area contributed by atoms with Gasteiger partial charge in [0.25, 0.3) is 0 Å². The SMILES string of the molecule is C=C(N)N/N=C/c1ccc(C(C)(C)C)cc1. The zero-order valence-corrected chi connectivity index (χ0v) is 10.1. The zero-order chi connectivity index (χ0) is 12.2. The van der Waals surface area contributed by atoms with Crippen LogP contribution < -0.4 is 11.2 Å². The second-order valence-electron chi connectivity index (χ2n) is 4.77. The van der Waals surface area contributed by atoms with Gasteiger partial charge in [0.2, 0.25) is 0 Å². The van der Waals surface area contributed by atoms with Crippen LogP contribution in [0.25, 0.3) is 0 Å². The van der Waals surface area contributed by atoms with E-state index in [1.54, 1.807) is 6.21 Å². The molecule has 1 aromatic carbocycles. The molecule has 0 saturated carbocycles. The van der Waals surface area contributed by atoms with Gasteiger partial charge in [-0.15, -0.1) is 0 Å². The van der Waals surface area contributed by atoms with E-state index in [9.17, 15) is 0 Å². The van der Waals surface area contributed by atoms with Crippen molar-refractivity contribution in [3.05, 3.63) is 47.8 Å². The molecule has 86 valence electrons. The van der Waals surface area contributed by atoms with Crippen LogP contribution in [0, 0.1) is 0 Å². The number of benzene rings is 1. The lowest BCUT2D eigenvalue weighted by atomic mass is 9.87. The summed E-state index contributed by atoms with van der Waals surface area (Å²) in [6, 6.07) is 8.29. The van der Waals surface area contributed by atoms with Crippen LogP contribution in [0.4, 0.5) is 0 Å². The van der Waals surface area contributed by atoms with Crippen LogP contribution in [0.2, 0.25) is 0 Å². The van der Waals surface area contributed by atoms with Crippen LogP contribution in [0.1, 0.15) is 31.9 Å². The van der Waals surface area contributed by atoms with Crippen molar-refractivity contribution in [3.63, 3.8) is 0 Å². The molecule has 1 rings (SSSR count). The first-order chi connectivity index (χ1) is 7.39. The molecule has 0 atom stereocenters. The molecule has 1 aromatic rings. The van der Waals surface area contributed by atoms with Crippen molar-refractivity contribution in [3.8, 4) is 0 Å². The van der Waals surface area contributed by atoms with E-state index < -0.39 is 0 Å². The molecule has 0 saturated heterocycles. The molecule has 0 bridgehead atoms. The second-order valence-corrected chi connectivity index (χ2v) is 4.77. The summed E-state index contributed by atoms with van der Waals surface area (Å²) in [5.41, 5.74) is 10.4. The highest BCUT2D eigenvalue weighted by Gasteiger charge is 2.12. The molecule has 0 heterocycles. The number of rotatable bonds is 3. The summed E-state index contributed by atoms with van der Waals surface area (Å²) in [4.78, 5) is 0. The quantitative estimate of drug-likeness (QED) is 0.603. The average molecular weight is 217 g/mol. The molecule has 16 heavy (non-hydrogen) atoms. The van der Waals surface area contributed by atoms with Crippen LogP contribution in [-0.2, 0) is 5.41 Å². The number of nitrogens with two attached hydrogens (primary N) is 1. The summed E-state index contributed by atoms with van der Waals surface area (Å²) < 4.78 is 0. The van der Waals surface area contributed by atoms with Crippen molar-refractivity contribution < 1.29 is 0 Å². The minimum Gasteiger partial charge on any atom is -0.385 e. The molecule has 0 aliphatic rings. The molecule has 0 spiro atoms. The number of nitrogens with one attached hydrogen (secondary N) is 1. The van der Waals surface area contributed by atoms with E-state index in [4.69, 9.17) is 5.73 Å². The largest absolute Gasteiger partial charge is 0.385 e. The molecule has 3 N–H and O–H groups in total. The Morgan fingerprint density at radius 2 is 1.88 bits per heavy atom. The smallest absolute Gasteiger partial charge is 0.109 e. The Bertz CT molecular complexity index is 383. The first-order valence-electron chi connectivity index (χ1n) is 5.23. The summed E-state index contributed by atoms with van der Waals surface area (Å²) >= 11 is 0. The topological polar surface area (TPSA) is 50.4 Å². The van der Waals surface area contributed by atoms with E-state index in [-0.39, 0.29) is 5.41 Å². The molecule has 0 unspecified atom stereocenters. The third kappa shape index (κ3) is 3.77. The van der Waals surface area contributed by atoms with Gasteiger partial charge in [-0.25, -0.2) is 0 Å². The van der Waals surface area contributed by atoms with E-state index in [1.807, 2.05) is 12.1 Å². The molecule has 3 heteroatoms. The van der Waals surface area contributed by atoms with Gasteiger partial charge in [0, 0.05) is 0 Å². The fourth-order valence-electron chi connectivity index (χ4n) is 1.26. The van der Waals surface area contributed by atoms with Gasteiger partial charge in [-0.1, -0.05) is 51.6 Å². The standard InChI is InChI=1S/C13H19N3/c1-10(14)16-15-9-11-5-7-12(8-6-11)13(2,3)4/h5-9,16H,1,14H2,2-4H3/b15-9+. The molecular formula is C13H19N3. The second kappa shape index (κ2) is 4.84. The van der Waals surface area contributed by atoms with Crippen LogP contribution in [0.5, 0.6) is 0 Å². The maximum absolute atomic E-state index is 5.32. The fraction of sp³-hybridized carbons (Fsp3) is 0.308. The predicted octanol–water partition coefficient (Wildman–Crippen LogP) is 2.34. The summed E-state index contributed by atoms with van der Waals surface area (Å²) in [7, 11) is 0. The number of hydrazone groups is 1. The summed E-state index contributed by atoms with van der Waals surface area (Å²) in [5, 5.41) is 3.93. The molecule has 0 fully saturated rings. The van der Waals surface area contributed by atoms with Crippen molar-refractivity contribution in [2.45, 2.75) is 26.2 Å². The number of hydrogen-bond donors (Lipinski definition) is 2. The Labute approximate surface area is 97.1 Å². The van der Waals surface area contributed by atoms with Gasteiger partial charge in [-0.3, -0.25) is 5.43 Å². The van der Waals surface area contributed by atoms with E-state index >= 15 is 0 Å². The van der Waals surface area contributed by atoms with E-state index in [0.29, 0.717) is 5.82 Å². The lowest BCUT2D eigenvalue weighted by Gasteiger charge is -2.18. The third-order valence-electron chi connectivity index (χ3n) is 2.20. The van der Waals surface area contributed by atoms with Crippen LogP contribution >= 0.6 is 0 Å². The lowest BCUT2D eigenvalue weighted by molar-refractivity contribution is 0.590. The van der Waals surface area contributed by atoms with Crippen molar-refractivity contribution in [1.29, 1.82) is 0 Å². The Balaban J connectivity index is 2.72. The average Bonchev–Trinajstić information content (AvgIpc) is 2.16. The lowest BCUT2D eigenvalue weighted by Crippen LogP contribution is -2.12. The van der Waals surface area contributed by atoms with Gasteiger partial charge >= 0.3 is 0 Å². The molecule has 0 aliphatic heterocycles. The van der Waals surface area contributed by atoms with Crippen molar-refractivity contribution >= 4 is 6.21 Å². The number of nitrogens with zero attached hydrogens (tertiary/aromatic N) is 1. The molecule has 0 radical (unpaired) electrons. The highest BCUT2D eigenvalue weighted by molar-refractivity contribution is 5.79. The Kier molecular flexibility index (Phi) is 3.72. The fourth-order valence-corrected chi connectivity index (χ4v) is 1.26. The maximum atomic E-state index is 5.32. The van der Waals surface area contributed by atoms with Gasteiger partial charge in [0.1, 0.15) is 5.82 Å². The van der Waals surface area contributed by atoms with Crippen LogP contribution in [0.15, 0.2) is 41.8 Å². The van der Waals surface area contributed by atoms with Crippen molar-refractivity contribution in [1.82, 2.24) is 5.43 Å². The van der Waals surface area contributed by atoms with Gasteiger partial charge < -0.3 is 5.73 Å². The number of hydrogen-bond acceptors (Lipinski definition) is 3. The minimum absolute atomic E-state index is 0.180. The van der Waals surface area contributed by atoms with Gasteiger partial charge in [0.05, 0.1) is 6.21 Å². The van der Waals surface area contributed by atoms with Crippen LogP contribution in [0.3, 0.4) is 0 Å². The van der Waals surface area contributed by atoms with Crippen LogP contribution in [-0.4, -0.2) is 6.21 Å². The first kappa shape index (κ1) is 12.3. The van der Waals surface area contributed by atoms with Crippen molar-refractivity contribution in [2.24, 2.45) is 10.8 Å². The normalized spacial score (nSPS) is 11.7. The summed E-state index contributed by atoms with van der Waals surface area (Å²) in [6.07, 6.45) is 1.71. The van der Waals surface area contributed by atoms with Gasteiger partial charge in [0.15, 0.2) is 0 Å². The molecule has 3 nitrogen and oxygen atoms in total. The highest BCUT2D eigenvalue weighted by Crippen LogP contribution is 2.21. The molecule has 0 aliphatic carbocycles.